The Bertz CT molecular complexity index is 1060. The minimum atomic E-state index is 0.0939. The number of fused-ring (bicyclic) bond motifs is 1. The largest absolute Gasteiger partial charge is 0.378 e. The first-order valence-corrected chi connectivity index (χ1v) is 10.3. The highest BCUT2D eigenvalue weighted by Crippen LogP contribution is 2.41. The quantitative estimate of drug-likeness (QED) is 0.577. The van der Waals surface area contributed by atoms with E-state index < -0.39 is 0 Å². The van der Waals surface area contributed by atoms with Gasteiger partial charge >= 0.3 is 0 Å². The minimum Gasteiger partial charge on any atom is -0.378 e. The van der Waals surface area contributed by atoms with Crippen molar-refractivity contribution in [3.63, 3.8) is 0 Å². The second-order valence-corrected chi connectivity index (χ2v) is 8.13. The van der Waals surface area contributed by atoms with Crippen molar-refractivity contribution in [3.05, 3.63) is 83.4 Å². The van der Waals surface area contributed by atoms with E-state index in [9.17, 15) is 4.79 Å². The molecule has 0 aromatic heterocycles. The van der Waals surface area contributed by atoms with Crippen LogP contribution in [0.1, 0.15) is 43.0 Å². The third kappa shape index (κ3) is 3.77. The summed E-state index contributed by atoms with van der Waals surface area (Å²) in [7, 11) is 0. The molecule has 1 aliphatic heterocycles. The van der Waals surface area contributed by atoms with Crippen LogP contribution in [0.15, 0.2) is 66.7 Å². The molecule has 0 spiro atoms. The fraction of sp³-hybridized carbons (Fsp3) is 0.269. The molecule has 29 heavy (non-hydrogen) atoms. The number of para-hydroxylation sites is 1. The molecule has 0 aliphatic carbocycles. The average Bonchev–Trinajstić information content (AvgIpc) is 2.69. The number of rotatable bonds is 3. The van der Waals surface area contributed by atoms with Crippen molar-refractivity contribution < 1.29 is 4.79 Å². The summed E-state index contributed by atoms with van der Waals surface area (Å²) in [6, 6.07) is 23.7. The second kappa shape index (κ2) is 7.75. The highest BCUT2D eigenvalue weighted by atomic mass is 16.2. The molecule has 4 rings (SSSR count). The second-order valence-electron chi connectivity index (χ2n) is 8.13. The van der Waals surface area contributed by atoms with Crippen molar-refractivity contribution in [3.8, 4) is 11.1 Å². The molecule has 3 aromatic carbocycles. The maximum Gasteiger partial charge on any atom is 0.224 e. The van der Waals surface area contributed by atoms with Crippen LogP contribution < -0.4 is 10.2 Å². The number of carbonyl (C=O) groups excluding carboxylic acids is 1. The van der Waals surface area contributed by atoms with E-state index in [1.807, 2.05) is 4.90 Å². The Labute approximate surface area is 173 Å². The Morgan fingerprint density at radius 3 is 2.45 bits per heavy atom. The standard InChI is InChI=1S/C26H28N2O/c1-17-8-7-10-21(14-17)22-12-13-26-23(16-22)25(15-19(3)28(26)20(4)29)27-24-11-6-5-9-18(24)2/h5-14,16,19,25,27H,15H2,1-4H3. The van der Waals surface area contributed by atoms with Gasteiger partial charge in [-0.1, -0.05) is 54.1 Å². The molecule has 0 bridgehead atoms. The van der Waals surface area contributed by atoms with E-state index in [4.69, 9.17) is 0 Å². The van der Waals surface area contributed by atoms with Crippen LogP contribution >= 0.6 is 0 Å². The first kappa shape index (κ1) is 19.3. The predicted octanol–water partition coefficient (Wildman–Crippen LogP) is 6.27. The van der Waals surface area contributed by atoms with E-state index in [0.717, 1.165) is 17.8 Å². The maximum atomic E-state index is 12.4. The van der Waals surface area contributed by atoms with Gasteiger partial charge in [0.05, 0.1) is 6.04 Å². The first-order chi connectivity index (χ1) is 13.9. The molecule has 3 nitrogen and oxygen atoms in total. The number of anilines is 2. The van der Waals surface area contributed by atoms with E-state index in [-0.39, 0.29) is 18.0 Å². The van der Waals surface area contributed by atoms with E-state index in [0.29, 0.717) is 0 Å². The van der Waals surface area contributed by atoms with Crippen molar-refractivity contribution >= 4 is 17.3 Å². The van der Waals surface area contributed by atoms with Crippen molar-refractivity contribution in [2.24, 2.45) is 0 Å². The molecule has 3 heteroatoms. The molecule has 2 atom stereocenters. The van der Waals surface area contributed by atoms with Gasteiger partial charge in [0.15, 0.2) is 0 Å². The molecule has 1 aliphatic rings. The van der Waals surface area contributed by atoms with Gasteiger partial charge in [0.25, 0.3) is 0 Å². The van der Waals surface area contributed by atoms with Gasteiger partial charge in [-0.05, 0) is 67.6 Å². The lowest BCUT2D eigenvalue weighted by Gasteiger charge is -2.40. The topological polar surface area (TPSA) is 32.3 Å². The normalized spacial score (nSPS) is 18.3. The highest BCUT2D eigenvalue weighted by Gasteiger charge is 2.32. The van der Waals surface area contributed by atoms with Crippen molar-refractivity contribution in [2.45, 2.75) is 46.2 Å². The summed E-state index contributed by atoms with van der Waals surface area (Å²) in [5.74, 6) is 0.0939. The van der Waals surface area contributed by atoms with Crippen molar-refractivity contribution in [1.82, 2.24) is 0 Å². The molecule has 0 saturated carbocycles. The zero-order valence-corrected chi connectivity index (χ0v) is 17.6. The van der Waals surface area contributed by atoms with Gasteiger partial charge in [0, 0.05) is 24.3 Å². The number of carbonyl (C=O) groups is 1. The lowest BCUT2D eigenvalue weighted by Crippen LogP contribution is -2.43. The molecule has 3 aromatic rings. The summed E-state index contributed by atoms with van der Waals surface area (Å²) in [4.78, 5) is 14.3. The molecule has 0 fully saturated rings. The van der Waals surface area contributed by atoms with Crippen LogP contribution in [0, 0.1) is 13.8 Å². The minimum absolute atomic E-state index is 0.0939. The van der Waals surface area contributed by atoms with E-state index in [1.165, 1.54) is 27.8 Å². The Hall–Kier alpha value is -3.07. The summed E-state index contributed by atoms with van der Waals surface area (Å²) >= 11 is 0. The Balaban J connectivity index is 1.81. The number of aryl methyl sites for hydroxylation is 2. The van der Waals surface area contributed by atoms with Gasteiger partial charge in [-0.25, -0.2) is 0 Å². The van der Waals surface area contributed by atoms with Crippen LogP contribution in [-0.4, -0.2) is 11.9 Å². The van der Waals surface area contributed by atoms with Gasteiger partial charge in [-0.15, -0.1) is 0 Å². The number of benzene rings is 3. The molecule has 0 radical (unpaired) electrons. The molecular formula is C26H28N2O. The smallest absolute Gasteiger partial charge is 0.224 e. The predicted molar refractivity (Wildman–Crippen MR) is 121 cm³/mol. The Morgan fingerprint density at radius 2 is 1.72 bits per heavy atom. The summed E-state index contributed by atoms with van der Waals surface area (Å²) in [6.45, 7) is 8.03. The number of amides is 1. The van der Waals surface area contributed by atoms with Crippen LogP contribution in [0.5, 0.6) is 0 Å². The van der Waals surface area contributed by atoms with Crippen LogP contribution in [0.25, 0.3) is 11.1 Å². The molecule has 2 unspecified atom stereocenters. The summed E-state index contributed by atoms with van der Waals surface area (Å²) in [5, 5.41) is 3.75. The molecule has 1 heterocycles. The summed E-state index contributed by atoms with van der Waals surface area (Å²) in [5.41, 5.74) is 8.20. The van der Waals surface area contributed by atoms with Gasteiger partial charge in [-0.3, -0.25) is 4.79 Å². The monoisotopic (exact) mass is 384 g/mol. The van der Waals surface area contributed by atoms with Gasteiger partial charge in [0.1, 0.15) is 0 Å². The number of hydrogen-bond acceptors (Lipinski definition) is 2. The lowest BCUT2D eigenvalue weighted by atomic mass is 9.88. The first-order valence-electron chi connectivity index (χ1n) is 10.3. The molecule has 0 saturated heterocycles. The molecule has 1 N–H and O–H groups in total. The Morgan fingerprint density at radius 1 is 0.966 bits per heavy atom. The van der Waals surface area contributed by atoms with Crippen LogP contribution in [0.4, 0.5) is 11.4 Å². The van der Waals surface area contributed by atoms with E-state index in [2.05, 4.69) is 92.8 Å². The molecule has 148 valence electrons. The van der Waals surface area contributed by atoms with E-state index in [1.54, 1.807) is 6.92 Å². The fourth-order valence-electron chi connectivity index (χ4n) is 4.41. The van der Waals surface area contributed by atoms with Crippen LogP contribution in [0.2, 0.25) is 0 Å². The lowest BCUT2D eigenvalue weighted by molar-refractivity contribution is -0.117. The molecule has 1 amide bonds. The Kier molecular flexibility index (Phi) is 5.14. The maximum absolute atomic E-state index is 12.4. The van der Waals surface area contributed by atoms with Crippen molar-refractivity contribution in [2.75, 3.05) is 10.2 Å². The number of nitrogens with zero attached hydrogens (tertiary/aromatic N) is 1. The SMILES string of the molecule is CC(=O)N1c2ccc(-c3cccc(C)c3)cc2C(Nc2ccccc2C)CC1C. The van der Waals surface area contributed by atoms with E-state index >= 15 is 0 Å². The molecular weight excluding hydrogens is 356 g/mol. The van der Waals surface area contributed by atoms with Gasteiger partial charge < -0.3 is 10.2 Å². The number of nitrogens with one attached hydrogen (secondary N) is 1. The van der Waals surface area contributed by atoms with Crippen molar-refractivity contribution in [1.29, 1.82) is 0 Å². The summed E-state index contributed by atoms with van der Waals surface area (Å²) < 4.78 is 0. The zero-order valence-electron chi connectivity index (χ0n) is 17.6. The average molecular weight is 385 g/mol. The third-order valence-electron chi connectivity index (χ3n) is 5.85. The third-order valence-corrected chi connectivity index (χ3v) is 5.85. The van der Waals surface area contributed by atoms with Crippen LogP contribution in [0.3, 0.4) is 0 Å². The van der Waals surface area contributed by atoms with Crippen LogP contribution in [-0.2, 0) is 4.79 Å². The van der Waals surface area contributed by atoms with Gasteiger partial charge in [-0.2, -0.15) is 0 Å². The fourth-order valence-corrected chi connectivity index (χ4v) is 4.41. The number of hydrogen-bond donors (Lipinski definition) is 1. The van der Waals surface area contributed by atoms with Gasteiger partial charge in [0.2, 0.25) is 5.91 Å². The summed E-state index contributed by atoms with van der Waals surface area (Å²) in [6.07, 6.45) is 0.873. The zero-order chi connectivity index (χ0) is 20.5. The highest BCUT2D eigenvalue weighted by molar-refractivity contribution is 5.94.